The summed E-state index contributed by atoms with van der Waals surface area (Å²) in [7, 11) is 0. The number of rotatable bonds is 3. The molecule has 1 saturated heterocycles. The van der Waals surface area contributed by atoms with Gasteiger partial charge in [-0.05, 0) is 43.5 Å². The molecule has 0 radical (unpaired) electrons. The van der Waals surface area contributed by atoms with Crippen molar-refractivity contribution >= 4 is 5.91 Å². The van der Waals surface area contributed by atoms with Crippen molar-refractivity contribution in [2.75, 3.05) is 6.54 Å². The van der Waals surface area contributed by atoms with E-state index in [2.05, 4.69) is 15.2 Å². The van der Waals surface area contributed by atoms with Crippen LogP contribution in [0.5, 0.6) is 0 Å². The van der Waals surface area contributed by atoms with Gasteiger partial charge in [-0.15, -0.1) is 0 Å². The molecule has 1 aliphatic heterocycles. The fraction of sp³-hybridized carbons (Fsp3) is 0.250. The van der Waals surface area contributed by atoms with Crippen LogP contribution in [0.4, 0.5) is 0 Å². The Hall–Kier alpha value is -2.95. The molecule has 0 saturated carbocycles. The summed E-state index contributed by atoms with van der Waals surface area (Å²) in [5.41, 5.74) is 4.69. The molecular formula is C20H20N4O. The molecule has 1 amide bonds. The molecule has 1 aromatic carbocycles. The van der Waals surface area contributed by atoms with E-state index in [0.29, 0.717) is 0 Å². The van der Waals surface area contributed by atoms with Gasteiger partial charge in [0, 0.05) is 35.6 Å². The average Bonchev–Trinajstić information content (AvgIpc) is 3.33. The predicted molar refractivity (Wildman–Crippen MR) is 96.0 cm³/mol. The van der Waals surface area contributed by atoms with Crippen LogP contribution in [0.3, 0.4) is 0 Å². The van der Waals surface area contributed by atoms with Gasteiger partial charge >= 0.3 is 0 Å². The third-order valence-corrected chi connectivity index (χ3v) is 4.92. The first-order valence-corrected chi connectivity index (χ1v) is 8.56. The number of nitrogens with zero attached hydrogens (tertiary/aromatic N) is 3. The highest BCUT2D eigenvalue weighted by molar-refractivity contribution is 5.97. The van der Waals surface area contributed by atoms with E-state index >= 15 is 0 Å². The van der Waals surface area contributed by atoms with Gasteiger partial charge in [0.1, 0.15) is 0 Å². The quantitative estimate of drug-likeness (QED) is 0.794. The minimum atomic E-state index is 0.0824. The number of pyridine rings is 1. The average molecular weight is 332 g/mol. The van der Waals surface area contributed by atoms with E-state index < -0.39 is 0 Å². The van der Waals surface area contributed by atoms with Crippen LogP contribution in [0.1, 0.15) is 40.4 Å². The van der Waals surface area contributed by atoms with Crippen molar-refractivity contribution in [1.29, 1.82) is 0 Å². The highest BCUT2D eigenvalue weighted by Crippen LogP contribution is 2.34. The second-order valence-corrected chi connectivity index (χ2v) is 6.38. The minimum Gasteiger partial charge on any atom is -0.331 e. The van der Waals surface area contributed by atoms with Crippen LogP contribution in [0, 0.1) is 6.92 Å². The summed E-state index contributed by atoms with van der Waals surface area (Å²) in [4.78, 5) is 19.6. The van der Waals surface area contributed by atoms with Crippen LogP contribution in [0.25, 0.3) is 11.3 Å². The van der Waals surface area contributed by atoms with Crippen LogP contribution in [-0.4, -0.2) is 32.5 Å². The number of amides is 1. The second kappa shape index (κ2) is 6.51. The molecular weight excluding hydrogens is 312 g/mol. The van der Waals surface area contributed by atoms with Gasteiger partial charge in [0.05, 0.1) is 17.9 Å². The van der Waals surface area contributed by atoms with E-state index in [1.54, 1.807) is 6.20 Å². The number of carbonyl (C=O) groups excluding carboxylic acids is 1. The Labute approximate surface area is 146 Å². The molecule has 25 heavy (non-hydrogen) atoms. The summed E-state index contributed by atoms with van der Waals surface area (Å²) in [5, 5.41) is 6.89. The molecule has 1 atom stereocenters. The molecule has 3 aromatic rings. The van der Waals surface area contributed by atoms with Crippen LogP contribution in [-0.2, 0) is 0 Å². The van der Waals surface area contributed by atoms with Crippen molar-refractivity contribution < 1.29 is 4.79 Å². The SMILES string of the molecule is Cc1c(C(=O)N2CCCC2c2cn[nH]c2)cccc1-c1ccccn1. The second-order valence-electron chi connectivity index (χ2n) is 6.38. The standard InChI is InChI=1S/C20H20N4O/c1-14-16(18-8-2-3-10-21-18)6-4-7-17(14)20(25)24-11-5-9-19(24)15-12-22-23-13-15/h2-4,6-8,10,12-13,19H,5,9,11H2,1H3,(H,22,23). The predicted octanol–water partition coefficient (Wildman–Crippen LogP) is 3.76. The van der Waals surface area contributed by atoms with Crippen molar-refractivity contribution in [2.45, 2.75) is 25.8 Å². The highest BCUT2D eigenvalue weighted by Gasteiger charge is 2.32. The number of aromatic nitrogens is 3. The molecule has 5 nitrogen and oxygen atoms in total. The topological polar surface area (TPSA) is 61.9 Å². The molecule has 0 bridgehead atoms. The smallest absolute Gasteiger partial charge is 0.254 e. The van der Waals surface area contributed by atoms with Gasteiger partial charge in [-0.2, -0.15) is 5.10 Å². The number of hydrogen-bond donors (Lipinski definition) is 1. The molecule has 1 unspecified atom stereocenters. The Morgan fingerprint density at radius 2 is 2.16 bits per heavy atom. The van der Waals surface area contributed by atoms with E-state index in [4.69, 9.17) is 0 Å². The summed E-state index contributed by atoms with van der Waals surface area (Å²) in [5.74, 6) is 0.0824. The molecule has 1 fully saturated rings. The number of aromatic amines is 1. The first-order chi connectivity index (χ1) is 12.3. The van der Waals surface area contributed by atoms with Gasteiger partial charge in [-0.1, -0.05) is 18.2 Å². The Morgan fingerprint density at radius 3 is 2.92 bits per heavy atom. The maximum absolute atomic E-state index is 13.2. The number of hydrogen-bond acceptors (Lipinski definition) is 3. The van der Waals surface area contributed by atoms with Crippen LogP contribution in [0.15, 0.2) is 55.0 Å². The zero-order valence-electron chi connectivity index (χ0n) is 14.1. The zero-order chi connectivity index (χ0) is 17.2. The first kappa shape index (κ1) is 15.6. The molecule has 3 heterocycles. The molecule has 2 aromatic heterocycles. The summed E-state index contributed by atoms with van der Waals surface area (Å²) in [6, 6.07) is 11.8. The Morgan fingerprint density at radius 1 is 1.24 bits per heavy atom. The molecule has 126 valence electrons. The summed E-state index contributed by atoms with van der Waals surface area (Å²) >= 11 is 0. The maximum Gasteiger partial charge on any atom is 0.254 e. The van der Waals surface area contributed by atoms with Crippen molar-refractivity contribution in [1.82, 2.24) is 20.1 Å². The lowest BCUT2D eigenvalue weighted by Gasteiger charge is -2.25. The molecule has 1 aliphatic rings. The Bertz CT molecular complexity index is 874. The Kier molecular flexibility index (Phi) is 4.06. The fourth-order valence-corrected chi connectivity index (χ4v) is 3.62. The first-order valence-electron chi connectivity index (χ1n) is 8.56. The number of likely N-dealkylation sites (tertiary alicyclic amines) is 1. The lowest BCUT2D eigenvalue weighted by atomic mass is 9.98. The number of nitrogens with one attached hydrogen (secondary N) is 1. The molecule has 5 heteroatoms. The monoisotopic (exact) mass is 332 g/mol. The zero-order valence-corrected chi connectivity index (χ0v) is 14.1. The van der Waals surface area contributed by atoms with Gasteiger partial charge in [-0.3, -0.25) is 14.9 Å². The number of carbonyl (C=O) groups is 1. The lowest BCUT2D eigenvalue weighted by Crippen LogP contribution is -2.31. The summed E-state index contributed by atoms with van der Waals surface area (Å²) in [6.45, 7) is 2.78. The molecule has 0 aliphatic carbocycles. The van der Waals surface area contributed by atoms with Crippen molar-refractivity contribution in [3.05, 3.63) is 71.7 Å². The van der Waals surface area contributed by atoms with E-state index in [9.17, 15) is 4.79 Å². The summed E-state index contributed by atoms with van der Waals surface area (Å²) < 4.78 is 0. The minimum absolute atomic E-state index is 0.0824. The van der Waals surface area contributed by atoms with Crippen molar-refractivity contribution in [2.24, 2.45) is 0 Å². The van der Waals surface area contributed by atoms with Gasteiger partial charge in [0.15, 0.2) is 0 Å². The largest absolute Gasteiger partial charge is 0.331 e. The normalized spacial score (nSPS) is 17.0. The number of H-pyrrole nitrogens is 1. The van der Waals surface area contributed by atoms with Gasteiger partial charge < -0.3 is 4.90 Å². The van der Waals surface area contributed by atoms with Crippen LogP contribution in [0.2, 0.25) is 0 Å². The number of benzene rings is 1. The molecule has 4 rings (SSSR count). The van der Waals surface area contributed by atoms with Crippen LogP contribution >= 0.6 is 0 Å². The third kappa shape index (κ3) is 2.82. The van der Waals surface area contributed by atoms with E-state index in [0.717, 1.165) is 47.3 Å². The van der Waals surface area contributed by atoms with Gasteiger partial charge in [0.25, 0.3) is 5.91 Å². The Balaban J connectivity index is 1.69. The van der Waals surface area contributed by atoms with Gasteiger partial charge in [-0.25, -0.2) is 0 Å². The van der Waals surface area contributed by atoms with Crippen LogP contribution < -0.4 is 0 Å². The molecule has 1 N–H and O–H groups in total. The lowest BCUT2D eigenvalue weighted by molar-refractivity contribution is 0.0735. The van der Waals surface area contributed by atoms with E-state index in [-0.39, 0.29) is 11.9 Å². The van der Waals surface area contributed by atoms with Gasteiger partial charge in [0.2, 0.25) is 0 Å². The highest BCUT2D eigenvalue weighted by atomic mass is 16.2. The molecule has 0 spiro atoms. The third-order valence-electron chi connectivity index (χ3n) is 4.92. The fourth-order valence-electron chi connectivity index (χ4n) is 3.62. The summed E-state index contributed by atoms with van der Waals surface area (Å²) in [6.07, 6.45) is 7.46. The van der Waals surface area contributed by atoms with Crippen molar-refractivity contribution in [3.63, 3.8) is 0 Å². The van der Waals surface area contributed by atoms with E-state index in [1.807, 2.05) is 60.6 Å². The van der Waals surface area contributed by atoms with E-state index in [1.165, 1.54) is 0 Å². The maximum atomic E-state index is 13.2. The van der Waals surface area contributed by atoms with Crippen molar-refractivity contribution in [3.8, 4) is 11.3 Å².